The lowest BCUT2D eigenvalue weighted by Crippen LogP contribution is -2.37. The van der Waals surface area contributed by atoms with Crippen LogP contribution < -0.4 is 10.1 Å². The summed E-state index contributed by atoms with van der Waals surface area (Å²) in [5.74, 6) is 0. The molecule has 0 fully saturated rings. The number of para-hydroxylation sites is 1. The first-order valence-corrected chi connectivity index (χ1v) is 29.5. The molecule has 0 heterocycles. The van der Waals surface area contributed by atoms with Gasteiger partial charge in [-0.05, 0) is 183 Å². The van der Waals surface area contributed by atoms with E-state index >= 15 is 0 Å². The molecular weight excluding hydrogens is 847 g/mol. The van der Waals surface area contributed by atoms with Crippen LogP contribution in [0.2, 0.25) is 19.6 Å². The van der Waals surface area contributed by atoms with Gasteiger partial charge in [0.1, 0.15) is 0 Å². The van der Waals surface area contributed by atoms with Crippen LogP contribution in [0.3, 0.4) is 0 Å². The van der Waals surface area contributed by atoms with Crippen molar-refractivity contribution in [3.05, 3.63) is 214 Å². The third-order valence-corrected chi connectivity index (χ3v) is 18.9. The molecule has 8 aromatic rings. The van der Waals surface area contributed by atoms with E-state index in [0.717, 1.165) is 38.5 Å². The molecule has 0 amide bonds. The molecule has 0 radical (unpaired) electrons. The lowest BCUT2D eigenvalue weighted by atomic mass is 9.73. The molecule has 69 heavy (non-hydrogen) atoms. The Kier molecular flexibility index (Phi) is 11.6. The highest BCUT2D eigenvalue weighted by Gasteiger charge is 2.42. The standard InChI is InChI=1S/C67H67NSi/c1-8-66(9-2)62-41-46(27-36-58(62)60-38-31-50(44-64(60)66)48-29-34-55(35-30-48)69(5,6)7)25-26-47-28-37-59-61-40-33-54(45-65(61)67(10-3,11-4)63(59)42-47)68(52-22-13-12-14-23-52)53-32-39-57-51(43-53)21-16-15-19-49-20-17-18-24-56(49)57/h12-14,17-18,20,22-45H,8-11,15-16,19,21H2,1-7H3/b26-25+. The van der Waals surface area contributed by atoms with Gasteiger partial charge in [-0.2, -0.15) is 0 Å². The Morgan fingerprint density at radius 3 is 1.46 bits per heavy atom. The van der Waals surface area contributed by atoms with Crippen molar-refractivity contribution in [2.75, 3.05) is 4.90 Å². The molecule has 2 heteroatoms. The third kappa shape index (κ3) is 7.58. The summed E-state index contributed by atoms with van der Waals surface area (Å²) < 4.78 is 0. The highest BCUT2D eigenvalue weighted by atomic mass is 28.3. The average Bonchev–Trinajstić information content (AvgIpc) is 3.82. The summed E-state index contributed by atoms with van der Waals surface area (Å²) in [5, 5.41) is 1.51. The minimum absolute atomic E-state index is 0.0100. The number of fused-ring (bicyclic) bond motifs is 9. The number of benzene rings is 8. The molecule has 0 N–H and O–H groups in total. The summed E-state index contributed by atoms with van der Waals surface area (Å²) in [6.07, 6.45) is 13.6. The van der Waals surface area contributed by atoms with Crippen molar-refractivity contribution in [2.24, 2.45) is 0 Å². The predicted molar refractivity (Wildman–Crippen MR) is 301 cm³/mol. The Hall–Kier alpha value is -6.48. The van der Waals surface area contributed by atoms with Crippen LogP contribution in [0.15, 0.2) is 170 Å². The Labute approximate surface area is 413 Å². The van der Waals surface area contributed by atoms with E-state index in [0.29, 0.717) is 0 Å². The molecule has 8 aromatic carbocycles. The fourth-order valence-electron chi connectivity index (χ4n) is 12.8. The number of hydrogen-bond donors (Lipinski definition) is 0. The van der Waals surface area contributed by atoms with Gasteiger partial charge >= 0.3 is 0 Å². The van der Waals surface area contributed by atoms with Crippen LogP contribution >= 0.6 is 0 Å². The van der Waals surface area contributed by atoms with E-state index in [1.54, 1.807) is 0 Å². The summed E-state index contributed by atoms with van der Waals surface area (Å²) >= 11 is 0. The zero-order valence-electron chi connectivity index (χ0n) is 41.9. The molecule has 0 saturated carbocycles. The van der Waals surface area contributed by atoms with E-state index in [4.69, 9.17) is 0 Å². The molecule has 3 aliphatic carbocycles. The predicted octanol–water partition coefficient (Wildman–Crippen LogP) is 18.3. The number of rotatable bonds is 11. The normalized spacial score (nSPS) is 15.1. The van der Waals surface area contributed by atoms with Crippen LogP contribution in [0, 0.1) is 0 Å². The summed E-state index contributed by atoms with van der Waals surface area (Å²) in [5.41, 5.74) is 25.8. The van der Waals surface area contributed by atoms with Gasteiger partial charge in [-0.25, -0.2) is 0 Å². The number of nitrogens with zero attached hydrogens (tertiary/aromatic N) is 1. The van der Waals surface area contributed by atoms with E-state index in [9.17, 15) is 0 Å². The first-order chi connectivity index (χ1) is 33.6. The van der Waals surface area contributed by atoms with Gasteiger partial charge in [-0.15, -0.1) is 0 Å². The van der Waals surface area contributed by atoms with E-state index in [2.05, 4.69) is 234 Å². The zero-order valence-corrected chi connectivity index (χ0v) is 42.9. The van der Waals surface area contributed by atoms with Crippen molar-refractivity contribution in [2.45, 2.75) is 110 Å². The molecule has 344 valence electrons. The van der Waals surface area contributed by atoms with Gasteiger partial charge in [0.2, 0.25) is 0 Å². The Morgan fingerprint density at radius 1 is 0.406 bits per heavy atom. The zero-order chi connectivity index (χ0) is 47.5. The summed E-state index contributed by atoms with van der Waals surface area (Å²) in [7, 11) is -1.36. The first kappa shape index (κ1) is 45.0. The molecule has 11 rings (SSSR count). The quantitative estimate of drug-likeness (QED) is 0.0923. The van der Waals surface area contributed by atoms with Crippen molar-refractivity contribution in [1.29, 1.82) is 0 Å². The smallest absolute Gasteiger partial charge is 0.0775 e. The van der Waals surface area contributed by atoms with Gasteiger partial charge in [0, 0.05) is 27.9 Å². The third-order valence-electron chi connectivity index (χ3n) is 16.8. The molecular formula is C67H67NSi. The highest BCUT2D eigenvalue weighted by Crippen LogP contribution is 2.56. The number of anilines is 3. The van der Waals surface area contributed by atoms with Gasteiger partial charge in [0.05, 0.1) is 8.07 Å². The summed E-state index contributed by atoms with van der Waals surface area (Å²) in [6.45, 7) is 16.8. The maximum Gasteiger partial charge on any atom is 0.0775 e. The van der Waals surface area contributed by atoms with E-state index in [1.807, 2.05) is 0 Å². The number of hydrogen-bond acceptors (Lipinski definition) is 1. The molecule has 0 spiro atoms. The van der Waals surface area contributed by atoms with Crippen molar-refractivity contribution >= 4 is 42.5 Å². The molecule has 0 bridgehead atoms. The number of aryl methyl sites for hydroxylation is 2. The van der Waals surface area contributed by atoms with Gasteiger partial charge in [0.25, 0.3) is 0 Å². The Bertz CT molecular complexity index is 3250. The van der Waals surface area contributed by atoms with Gasteiger partial charge in [-0.3, -0.25) is 0 Å². The topological polar surface area (TPSA) is 3.24 Å². The summed E-state index contributed by atoms with van der Waals surface area (Å²) in [4.78, 5) is 2.49. The lowest BCUT2D eigenvalue weighted by Gasteiger charge is -2.32. The molecule has 0 saturated heterocycles. The van der Waals surface area contributed by atoms with Crippen LogP contribution in [-0.4, -0.2) is 8.07 Å². The molecule has 0 unspecified atom stereocenters. The van der Waals surface area contributed by atoms with Crippen LogP contribution in [0.4, 0.5) is 17.1 Å². The van der Waals surface area contributed by atoms with Crippen molar-refractivity contribution in [3.8, 4) is 44.5 Å². The maximum atomic E-state index is 2.53. The first-order valence-electron chi connectivity index (χ1n) is 26.0. The van der Waals surface area contributed by atoms with Crippen LogP contribution in [0.1, 0.15) is 111 Å². The minimum Gasteiger partial charge on any atom is -0.310 e. The lowest BCUT2D eigenvalue weighted by molar-refractivity contribution is 0.490. The molecule has 0 aliphatic heterocycles. The second-order valence-electron chi connectivity index (χ2n) is 21.2. The fourth-order valence-corrected chi connectivity index (χ4v) is 13.9. The van der Waals surface area contributed by atoms with E-state index in [1.165, 1.54) is 124 Å². The van der Waals surface area contributed by atoms with Gasteiger partial charge in [0.15, 0.2) is 0 Å². The monoisotopic (exact) mass is 914 g/mol. The molecule has 0 atom stereocenters. The van der Waals surface area contributed by atoms with Crippen molar-refractivity contribution in [1.82, 2.24) is 0 Å². The minimum atomic E-state index is -1.36. The SMILES string of the molecule is CCC1(CC)c2cc(/C=C/c3ccc4c(c3)C(CC)(CC)c3cc(N(c5ccccc5)c5ccc6c(c5)CCCCc5ccccc5-6)ccc3-4)ccc2-c2ccc(-c3ccc([Si](C)(C)C)cc3)cc21. The molecule has 1 nitrogen and oxygen atoms in total. The van der Waals surface area contributed by atoms with Crippen LogP contribution in [0.25, 0.3) is 56.7 Å². The average molecular weight is 914 g/mol. The Balaban J connectivity index is 0.917. The van der Waals surface area contributed by atoms with E-state index in [-0.39, 0.29) is 10.8 Å². The van der Waals surface area contributed by atoms with Gasteiger partial charge in [-0.1, -0.05) is 192 Å². The second kappa shape index (κ2) is 17.8. The van der Waals surface area contributed by atoms with E-state index < -0.39 is 8.07 Å². The molecule has 0 aromatic heterocycles. The maximum absolute atomic E-state index is 2.53. The molecule has 3 aliphatic rings. The largest absolute Gasteiger partial charge is 0.310 e. The highest BCUT2D eigenvalue weighted by molar-refractivity contribution is 6.88. The second-order valence-corrected chi connectivity index (χ2v) is 26.3. The van der Waals surface area contributed by atoms with Crippen LogP contribution in [0.5, 0.6) is 0 Å². The van der Waals surface area contributed by atoms with Crippen molar-refractivity contribution in [3.63, 3.8) is 0 Å². The van der Waals surface area contributed by atoms with Gasteiger partial charge < -0.3 is 4.90 Å². The van der Waals surface area contributed by atoms with Crippen molar-refractivity contribution < 1.29 is 0 Å². The summed E-state index contributed by atoms with van der Waals surface area (Å²) in [6, 6.07) is 65.7. The van der Waals surface area contributed by atoms with Crippen LogP contribution in [-0.2, 0) is 23.7 Å². The Morgan fingerprint density at radius 2 is 0.870 bits per heavy atom. The fraction of sp³-hybridized carbons (Fsp3) is 0.254.